The largest absolute Gasteiger partial charge is 0.365 e. The van der Waals surface area contributed by atoms with Crippen LogP contribution in [0.5, 0.6) is 0 Å². The van der Waals surface area contributed by atoms with E-state index in [0.29, 0.717) is 17.4 Å². The van der Waals surface area contributed by atoms with Crippen LogP contribution in [0.3, 0.4) is 0 Å². The number of pyridine rings is 1. The predicted molar refractivity (Wildman–Crippen MR) is 67.2 cm³/mol. The number of carbonyl (C=O) groups excluding carboxylic acids is 1. The van der Waals surface area contributed by atoms with E-state index < -0.39 is 5.91 Å². The molecule has 5 heteroatoms. The lowest BCUT2D eigenvalue weighted by molar-refractivity contribution is 0.0999. The first-order valence-corrected chi connectivity index (χ1v) is 5.88. The lowest BCUT2D eigenvalue weighted by Gasteiger charge is -2.39. The molecular weight excluding hydrogens is 216 g/mol. The first-order valence-electron chi connectivity index (χ1n) is 5.88. The molecule has 0 radical (unpaired) electrons. The van der Waals surface area contributed by atoms with Crippen molar-refractivity contribution in [1.82, 2.24) is 10.3 Å². The Morgan fingerprint density at radius 3 is 2.82 bits per heavy atom. The van der Waals surface area contributed by atoms with Crippen molar-refractivity contribution in [3.8, 4) is 0 Å². The molecule has 0 bridgehead atoms. The molecule has 0 aromatic carbocycles. The van der Waals surface area contributed by atoms with E-state index in [1.54, 1.807) is 6.20 Å². The zero-order valence-electron chi connectivity index (χ0n) is 10.2. The highest BCUT2D eigenvalue weighted by molar-refractivity contribution is 5.99. The van der Waals surface area contributed by atoms with Gasteiger partial charge < -0.3 is 16.0 Å². The Morgan fingerprint density at radius 2 is 2.35 bits per heavy atom. The van der Waals surface area contributed by atoms with E-state index in [1.807, 2.05) is 13.0 Å². The van der Waals surface area contributed by atoms with Crippen LogP contribution in [-0.2, 0) is 0 Å². The van der Waals surface area contributed by atoms with Gasteiger partial charge in [0.15, 0.2) is 0 Å². The molecule has 92 valence electrons. The van der Waals surface area contributed by atoms with Crippen molar-refractivity contribution in [2.45, 2.75) is 19.9 Å². The van der Waals surface area contributed by atoms with Crippen molar-refractivity contribution < 1.29 is 4.79 Å². The number of aromatic nitrogens is 1. The lowest BCUT2D eigenvalue weighted by atomic mass is 10.1. The van der Waals surface area contributed by atoms with Crippen molar-refractivity contribution in [3.63, 3.8) is 0 Å². The van der Waals surface area contributed by atoms with Gasteiger partial charge in [-0.15, -0.1) is 0 Å². The number of primary amides is 1. The van der Waals surface area contributed by atoms with E-state index in [2.05, 4.69) is 22.1 Å². The van der Waals surface area contributed by atoms with Gasteiger partial charge in [-0.2, -0.15) is 0 Å². The quantitative estimate of drug-likeness (QED) is 0.785. The topological polar surface area (TPSA) is 71.2 Å². The molecule has 5 nitrogen and oxygen atoms in total. The fourth-order valence-corrected chi connectivity index (χ4v) is 2.14. The van der Waals surface area contributed by atoms with Gasteiger partial charge in [0.05, 0.1) is 11.6 Å². The van der Waals surface area contributed by atoms with Crippen molar-refractivity contribution >= 4 is 11.7 Å². The molecule has 17 heavy (non-hydrogen) atoms. The van der Waals surface area contributed by atoms with Crippen LogP contribution in [0, 0.1) is 6.92 Å². The number of nitrogens with one attached hydrogen (secondary N) is 1. The Kier molecular flexibility index (Phi) is 3.28. The Labute approximate surface area is 101 Å². The van der Waals surface area contributed by atoms with Gasteiger partial charge in [-0.3, -0.25) is 4.79 Å². The number of amides is 1. The highest BCUT2D eigenvalue weighted by atomic mass is 16.1. The molecule has 2 heterocycles. The van der Waals surface area contributed by atoms with Crippen LogP contribution in [0.25, 0.3) is 0 Å². The molecular formula is C12H18N4O. The van der Waals surface area contributed by atoms with Crippen molar-refractivity contribution in [2.24, 2.45) is 5.73 Å². The summed E-state index contributed by atoms with van der Waals surface area (Å²) in [5.74, 6) is 0.308. The molecule has 1 saturated heterocycles. The minimum absolute atomic E-state index is 0.406. The summed E-state index contributed by atoms with van der Waals surface area (Å²) >= 11 is 0. The van der Waals surface area contributed by atoms with Gasteiger partial charge in [-0.1, -0.05) is 0 Å². The molecule has 1 aromatic rings. The Hall–Kier alpha value is -1.62. The van der Waals surface area contributed by atoms with Gasteiger partial charge >= 0.3 is 0 Å². The van der Waals surface area contributed by atoms with Crippen LogP contribution >= 0.6 is 0 Å². The molecule has 0 spiro atoms. The van der Waals surface area contributed by atoms with E-state index in [0.717, 1.165) is 25.2 Å². The Bertz CT molecular complexity index is 429. The average molecular weight is 234 g/mol. The van der Waals surface area contributed by atoms with Crippen molar-refractivity contribution in [2.75, 3.05) is 24.5 Å². The molecule has 1 fully saturated rings. The summed E-state index contributed by atoms with van der Waals surface area (Å²) in [4.78, 5) is 18.0. The molecule has 0 saturated carbocycles. The van der Waals surface area contributed by atoms with E-state index in [4.69, 9.17) is 5.73 Å². The molecule has 0 aliphatic carbocycles. The Balaban J connectivity index is 2.41. The average Bonchev–Trinajstić information content (AvgIpc) is 2.22. The third kappa shape index (κ3) is 2.10. The SMILES string of the molecule is CCN(c1nccc(C)c1C(N)=O)C1CNC1. The summed E-state index contributed by atoms with van der Waals surface area (Å²) in [5.41, 5.74) is 6.87. The maximum atomic E-state index is 11.5. The second-order valence-electron chi connectivity index (χ2n) is 4.29. The van der Waals surface area contributed by atoms with Gasteiger partial charge in [0.2, 0.25) is 0 Å². The Morgan fingerprint density at radius 1 is 1.65 bits per heavy atom. The van der Waals surface area contributed by atoms with Crippen molar-refractivity contribution in [1.29, 1.82) is 0 Å². The van der Waals surface area contributed by atoms with E-state index >= 15 is 0 Å². The highest BCUT2D eigenvalue weighted by Gasteiger charge is 2.27. The zero-order chi connectivity index (χ0) is 12.4. The van der Waals surface area contributed by atoms with Crippen LogP contribution in [0.4, 0.5) is 5.82 Å². The molecule has 0 unspecified atom stereocenters. The summed E-state index contributed by atoms with van der Waals surface area (Å²) in [6, 6.07) is 2.23. The molecule has 1 amide bonds. The number of nitrogens with two attached hydrogens (primary N) is 1. The summed E-state index contributed by atoms with van der Waals surface area (Å²) < 4.78 is 0. The number of rotatable bonds is 4. The van der Waals surface area contributed by atoms with E-state index in [1.165, 1.54) is 0 Å². The number of carbonyl (C=O) groups is 1. The summed E-state index contributed by atoms with van der Waals surface area (Å²) in [6.07, 6.45) is 1.73. The maximum absolute atomic E-state index is 11.5. The monoisotopic (exact) mass is 234 g/mol. The minimum atomic E-state index is -0.406. The number of anilines is 1. The number of hydrogen-bond acceptors (Lipinski definition) is 4. The molecule has 1 aromatic heterocycles. The van der Waals surface area contributed by atoms with Gasteiger partial charge in [0.1, 0.15) is 5.82 Å². The van der Waals surface area contributed by atoms with E-state index in [-0.39, 0.29) is 0 Å². The predicted octanol–water partition coefficient (Wildman–Crippen LogP) is 0.287. The van der Waals surface area contributed by atoms with Crippen LogP contribution in [-0.4, -0.2) is 36.6 Å². The second kappa shape index (κ2) is 4.71. The highest BCUT2D eigenvalue weighted by Crippen LogP contribution is 2.23. The molecule has 2 rings (SSSR count). The van der Waals surface area contributed by atoms with Crippen molar-refractivity contribution in [3.05, 3.63) is 23.4 Å². The lowest BCUT2D eigenvalue weighted by Crippen LogP contribution is -2.58. The molecule has 1 aliphatic rings. The zero-order valence-corrected chi connectivity index (χ0v) is 10.2. The fraction of sp³-hybridized carbons (Fsp3) is 0.500. The first-order chi connectivity index (χ1) is 8.15. The van der Waals surface area contributed by atoms with Gasteiger partial charge in [0.25, 0.3) is 5.91 Å². The summed E-state index contributed by atoms with van der Waals surface area (Å²) in [6.45, 7) is 6.64. The van der Waals surface area contributed by atoms with Gasteiger partial charge in [-0.05, 0) is 25.5 Å². The van der Waals surface area contributed by atoms with Gasteiger partial charge in [-0.25, -0.2) is 4.98 Å². The van der Waals surface area contributed by atoms with Crippen LogP contribution < -0.4 is 16.0 Å². The molecule has 3 N–H and O–H groups in total. The van der Waals surface area contributed by atoms with Gasteiger partial charge in [0, 0.05) is 25.8 Å². The maximum Gasteiger partial charge on any atom is 0.252 e. The summed E-state index contributed by atoms with van der Waals surface area (Å²) in [7, 11) is 0. The standard InChI is InChI=1S/C12H18N4O/c1-3-16(9-6-14-7-9)12-10(11(13)17)8(2)4-5-15-12/h4-5,9,14H,3,6-7H2,1-2H3,(H2,13,17). The second-order valence-corrected chi connectivity index (χ2v) is 4.29. The summed E-state index contributed by atoms with van der Waals surface area (Å²) in [5, 5.41) is 3.22. The smallest absolute Gasteiger partial charge is 0.252 e. The number of likely N-dealkylation sites (N-methyl/N-ethyl adjacent to an activating group) is 1. The molecule has 0 atom stereocenters. The fourth-order valence-electron chi connectivity index (χ4n) is 2.14. The first kappa shape index (κ1) is 11.9. The number of nitrogens with zero attached hydrogens (tertiary/aromatic N) is 2. The van der Waals surface area contributed by atoms with Crippen LogP contribution in [0.15, 0.2) is 12.3 Å². The minimum Gasteiger partial charge on any atom is -0.365 e. The number of hydrogen-bond donors (Lipinski definition) is 2. The number of aryl methyl sites for hydroxylation is 1. The normalized spacial score (nSPS) is 15.4. The molecule has 1 aliphatic heterocycles. The van der Waals surface area contributed by atoms with Crippen LogP contribution in [0.2, 0.25) is 0 Å². The third-order valence-corrected chi connectivity index (χ3v) is 3.20. The third-order valence-electron chi connectivity index (χ3n) is 3.20. The van der Waals surface area contributed by atoms with Crippen LogP contribution in [0.1, 0.15) is 22.8 Å². The van der Waals surface area contributed by atoms with E-state index in [9.17, 15) is 4.79 Å².